The standard InChI is InChI=1S/C17H34N2O2/c1-13(2)8-7-9-15(18-6)14-10-11-19(12-14)16(20)21-17(3,4)5/h13-15,18H,7-12H2,1-6H3. The Hall–Kier alpha value is -0.770. The van der Waals surface area contributed by atoms with Gasteiger partial charge in [-0.25, -0.2) is 4.79 Å². The number of ether oxygens (including phenoxy) is 1. The molecule has 4 nitrogen and oxygen atoms in total. The minimum atomic E-state index is -0.408. The van der Waals surface area contributed by atoms with Gasteiger partial charge < -0.3 is 15.0 Å². The molecule has 1 N–H and O–H groups in total. The fourth-order valence-electron chi connectivity index (χ4n) is 2.97. The minimum absolute atomic E-state index is 0.165. The summed E-state index contributed by atoms with van der Waals surface area (Å²) in [6, 6.07) is 0.510. The van der Waals surface area contributed by atoms with Crippen LogP contribution in [0.3, 0.4) is 0 Å². The van der Waals surface area contributed by atoms with Crippen LogP contribution in [0, 0.1) is 11.8 Å². The Morgan fingerprint density at radius 2 is 2.00 bits per heavy atom. The highest BCUT2D eigenvalue weighted by Crippen LogP contribution is 2.25. The van der Waals surface area contributed by atoms with Crippen molar-refractivity contribution in [2.24, 2.45) is 11.8 Å². The van der Waals surface area contributed by atoms with Crippen LogP contribution in [0.5, 0.6) is 0 Å². The van der Waals surface area contributed by atoms with Gasteiger partial charge in [-0.1, -0.05) is 26.7 Å². The molecule has 0 aromatic rings. The Kier molecular flexibility index (Phi) is 6.98. The third kappa shape index (κ3) is 6.68. The molecular formula is C17H34N2O2. The molecule has 2 atom stereocenters. The maximum Gasteiger partial charge on any atom is 0.410 e. The van der Waals surface area contributed by atoms with E-state index in [1.807, 2.05) is 32.7 Å². The SMILES string of the molecule is CNC(CCCC(C)C)C1CCN(C(=O)OC(C)(C)C)C1. The lowest BCUT2D eigenvalue weighted by molar-refractivity contribution is 0.0285. The molecule has 1 aliphatic heterocycles. The molecule has 0 aromatic carbocycles. The van der Waals surface area contributed by atoms with Crippen LogP contribution in [-0.2, 0) is 4.74 Å². The van der Waals surface area contributed by atoms with Gasteiger partial charge in [-0.15, -0.1) is 0 Å². The Morgan fingerprint density at radius 1 is 1.33 bits per heavy atom. The van der Waals surface area contributed by atoms with Gasteiger partial charge >= 0.3 is 6.09 Å². The molecular weight excluding hydrogens is 264 g/mol. The first kappa shape index (κ1) is 18.3. The summed E-state index contributed by atoms with van der Waals surface area (Å²) in [6.07, 6.45) is 4.64. The second-order valence-corrected chi connectivity index (χ2v) is 7.70. The Balaban J connectivity index is 2.42. The number of carbonyl (C=O) groups excluding carboxylic acids is 1. The summed E-state index contributed by atoms with van der Waals surface area (Å²) < 4.78 is 5.46. The van der Waals surface area contributed by atoms with Gasteiger partial charge in [0.05, 0.1) is 0 Å². The minimum Gasteiger partial charge on any atom is -0.444 e. The molecule has 0 aliphatic carbocycles. The second kappa shape index (κ2) is 8.02. The molecule has 0 bridgehead atoms. The van der Waals surface area contributed by atoms with Crippen LogP contribution in [0.4, 0.5) is 4.79 Å². The van der Waals surface area contributed by atoms with E-state index in [9.17, 15) is 4.79 Å². The molecule has 1 fully saturated rings. The van der Waals surface area contributed by atoms with Crippen LogP contribution in [0.1, 0.15) is 60.3 Å². The molecule has 1 amide bonds. The van der Waals surface area contributed by atoms with Crippen LogP contribution >= 0.6 is 0 Å². The van der Waals surface area contributed by atoms with Gasteiger partial charge in [0.1, 0.15) is 5.60 Å². The third-order valence-electron chi connectivity index (χ3n) is 4.11. The van der Waals surface area contributed by atoms with Gasteiger partial charge in [0, 0.05) is 19.1 Å². The average Bonchev–Trinajstić information content (AvgIpc) is 2.81. The summed E-state index contributed by atoms with van der Waals surface area (Å²) in [4.78, 5) is 14.0. The quantitative estimate of drug-likeness (QED) is 0.813. The summed E-state index contributed by atoms with van der Waals surface area (Å²) in [5.74, 6) is 1.32. The number of nitrogens with zero attached hydrogens (tertiary/aromatic N) is 1. The Morgan fingerprint density at radius 3 is 2.52 bits per heavy atom. The van der Waals surface area contributed by atoms with Crippen LogP contribution in [-0.4, -0.2) is 42.8 Å². The highest BCUT2D eigenvalue weighted by atomic mass is 16.6. The second-order valence-electron chi connectivity index (χ2n) is 7.70. The summed E-state index contributed by atoms with van der Waals surface area (Å²) in [6.45, 7) is 11.9. The van der Waals surface area contributed by atoms with Crippen molar-refractivity contribution in [2.45, 2.75) is 71.9 Å². The molecule has 0 radical (unpaired) electrons. The fraction of sp³-hybridized carbons (Fsp3) is 0.941. The largest absolute Gasteiger partial charge is 0.444 e. The number of nitrogens with one attached hydrogen (secondary N) is 1. The fourth-order valence-corrected chi connectivity index (χ4v) is 2.97. The lowest BCUT2D eigenvalue weighted by Crippen LogP contribution is -2.38. The number of amides is 1. The molecule has 21 heavy (non-hydrogen) atoms. The van der Waals surface area contributed by atoms with Gasteiger partial charge in [0.2, 0.25) is 0 Å². The molecule has 1 saturated heterocycles. The number of likely N-dealkylation sites (tertiary alicyclic amines) is 1. The maximum absolute atomic E-state index is 12.1. The lowest BCUT2D eigenvalue weighted by Gasteiger charge is -2.26. The Labute approximate surface area is 130 Å². The summed E-state index contributed by atoms with van der Waals surface area (Å²) in [5, 5.41) is 3.45. The topological polar surface area (TPSA) is 41.6 Å². The Bertz CT molecular complexity index is 323. The van der Waals surface area contributed by atoms with E-state index in [0.29, 0.717) is 12.0 Å². The summed E-state index contributed by atoms with van der Waals surface area (Å²) in [5.41, 5.74) is -0.408. The molecule has 4 heteroatoms. The zero-order valence-corrected chi connectivity index (χ0v) is 14.7. The maximum atomic E-state index is 12.1. The highest BCUT2D eigenvalue weighted by molar-refractivity contribution is 5.68. The predicted molar refractivity (Wildman–Crippen MR) is 87.5 cm³/mol. The third-order valence-corrected chi connectivity index (χ3v) is 4.11. The van der Waals surface area contributed by atoms with Gasteiger partial charge in [-0.2, -0.15) is 0 Å². The van der Waals surface area contributed by atoms with Crippen LogP contribution in [0.15, 0.2) is 0 Å². The van der Waals surface area contributed by atoms with E-state index in [-0.39, 0.29) is 6.09 Å². The molecule has 2 unspecified atom stereocenters. The van der Waals surface area contributed by atoms with Crippen molar-refractivity contribution in [1.29, 1.82) is 0 Å². The first-order valence-corrected chi connectivity index (χ1v) is 8.38. The lowest BCUT2D eigenvalue weighted by atomic mass is 9.93. The molecule has 124 valence electrons. The van der Waals surface area contributed by atoms with E-state index in [0.717, 1.165) is 25.4 Å². The van der Waals surface area contributed by atoms with Gasteiger partial charge in [0.15, 0.2) is 0 Å². The van der Waals surface area contributed by atoms with Crippen molar-refractivity contribution in [3.63, 3.8) is 0 Å². The number of carbonyl (C=O) groups is 1. The first-order chi connectivity index (χ1) is 9.73. The molecule has 0 aromatic heterocycles. The van der Waals surface area contributed by atoms with E-state index in [1.165, 1.54) is 19.3 Å². The summed E-state index contributed by atoms with van der Waals surface area (Å²) in [7, 11) is 2.04. The molecule has 1 aliphatic rings. The first-order valence-electron chi connectivity index (χ1n) is 8.38. The molecule has 1 rings (SSSR count). The van der Waals surface area contributed by atoms with Gasteiger partial charge in [0.25, 0.3) is 0 Å². The zero-order valence-electron chi connectivity index (χ0n) is 14.7. The van der Waals surface area contributed by atoms with E-state index < -0.39 is 5.60 Å². The van der Waals surface area contributed by atoms with Crippen LogP contribution in [0.2, 0.25) is 0 Å². The summed E-state index contributed by atoms with van der Waals surface area (Å²) >= 11 is 0. The van der Waals surface area contributed by atoms with Crippen molar-refractivity contribution in [3.8, 4) is 0 Å². The smallest absolute Gasteiger partial charge is 0.410 e. The van der Waals surface area contributed by atoms with E-state index in [2.05, 4.69) is 19.2 Å². The predicted octanol–water partition coefficient (Wildman–Crippen LogP) is 3.66. The van der Waals surface area contributed by atoms with Crippen LogP contribution in [0.25, 0.3) is 0 Å². The number of hydrogen-bond donors (Lipinski definition) is 1. The molecule has 0 saturated carbocycles. The van der Waals surface area contributed by atoms with E-state index in [1.54, 1.807) is 0 Å². The zero-order chi connectivity index (χ0) is 16.0. The van der Waals surface area contributed by atoms with Crippen molar-refractivity contribution < 1.29 is 9.53 Å². The molecule has 0 spiro atoms. The van der Waals surface area contributed by atoms with Gasteiger partial charge in [-0.05, 0) is 52.5 Å². The van der Waals surface area contributed by atoms with Crippen LogP contribution < -0.4 is 5.32 Å². The number of rotatable bonds is 6. The van der Waals surface area contributed by atoms with Crippen molar-refractivity contribution in [1.82, 2.24) is 10.2 Å². The van der Waals surface area contributed by atoms with E-state index >= 15 is 0 Å². The van der Waals surface area contributed by atoms with Crippen molar-refractivity contribution in [2.75, 3.05) is 20.1 Å². The van der Waals surface area contributed by atoms with Gasteiger partial charge in [-0.3, -0.25) is 0 Å². The monoisotopic (exact) mass is 298 g/mol. The molecule has 1 heterocycles. The van der Waals surface area contributed by atoms with Crippen molar-refractivity contribution >= 4 is 6.09 Å². The normalized spacial score (nSPS) is 20.9. The average molecular weight is 298 g/mol. The highest BCUT2D eigenvalue weighted by Gasteiger charge is 2.33. The van der Waals surface area contributed by atoms with Crippen molar-refractivity contribution in [3.05, 3.63) is 0 Å². The van der Waals surface area contributed by atoms with E-state index in [4.69, 9.17) is 4.74 Å². The number of hydrogen-bond acceptors (Lipinski definition) is 3.